The molecule has 80 valence electrons. The number of benzene rings is 1. The number of anilines is 1. The molecule has 2 N–H and O–H groups in total. The van der Waals surface area contributed by atoms with Gasteiger partial charge in [0.15, 0.2) is 11.5 Å². The van der Waals surface area contributed by atoms with E-state index in [2.05, 4.69) is 4.98 Å². The Bertz CT molecular complexity index is 477. The van der Waals surface area contributed by atoms with E-state index in [4.69, 9.17) is 14.9 Å². The van der Waals surface area contributed by atoms with Gasteiger partial charge in [0, 0.05) is 13.5 Å². The third-order valence-electron chi connectivity index (χ3n) is 2.23. The fourth-order valence-corrected chi connectivity index (χ4v) is 1.55. The number of ether oxygens (including phenoxy) is 1. The Morgan fingerprint density at radius 1 is 1.47 bits per heavy atom. The number of hydrogen-bond acceptors (Lipinski definition) is 4. The molecule has 0 aliphatic carbocycles. The second kappa shape index (κ2) is 3.90. The van der Waals surface area contributed by atoms with Crippen molar-refractivity contribution in [3.8, 4) is 0 Å². The average molecular weight is 206 g/mol. The van der Waals surface area contributed by atoms with Gasteiger partial charge in [0.25, 0.3) is 0 Å². The number of nitrogens with two attached hydrogens (primary N) is 1. The lowest BCUT2D eigenvalue weighted by atomic mass is 10.2. The lowest BCUT2D eigenvalue weighted by Crippen LogP contribution is -1.93. The molecule has 0 aliphatic rings. The zero-order valence-electron chi connectivity index (χ0n) is 8.91. The third-order valence-corrected chi connectivity index (χ3v) is 2.23. The highest BCUT2D eigenvalue weighted by molar-refractivity contribution is 5.85. The number of nitrogens with zero attached hydrogens (tertiary/aromatic N) is 1. The summed E-state index contributed by atoms with van der Waals surface area (Å²) in [4.78, 5) is 4.35. The van der Waals surface area contributed by atoms with Gasteiger partial charge in [0.05, 0.1) is 12.3 Å². The number of aromatic nitrogens is 1. The van der Waals surface area contributed by atoms with Crippen molar-refractivity contribution in [1.29, 1.82) is 0 Å². The molecular weight excluding hydrogens is 192 g/mol. The predicted molar refractivity (Wildman–Crippen MR) is 58.7 cm³/mol. The number of methoxy groups -OCH3 is 1. The summed E-state index contributed by atoms with van der Waals surface area (Å²) in [6.45, 7) is 2.59. The van der Waals surface area contributed by atoms with E-state index in [9.17, 15) is 0 Å². The fourth-order valence-electron chi connectivity index (χ4n) is 1.55. The maximum Gasteiger partial charge on any atom is 0.197 e. The quantitative estimate of drug-likeness (QED) is 0.779. The summed E-state index contributed by atoms with van der Waals surface area (Å²) in [6.07, 6.45) is 0.670. The SMILES string of the molecule is COCCc1nc2cc(C)cc(N)c2o1. The lowest BCUT2D eigenvalue weighted by Gasteiger charge is -1.95. The van der Waals surface area contributed by atoms with Crippen molar-refractivity contribution < 1.29 is 9.15 Å². The molecule has 0 fully saturated rings. The molecule has 0 saturated heterocycles. The molecule has 1 aromatic carbocycles. The first kappa shape index (κ1) is 9.98. The van der Waals surface area contributed by atoms with E-state index in [0.29, 0.717) is 30.2 Å². The molecule has 2 rings (SSSR count). The van der Waals surface area contributed by atoms with Gasteiger partial charge in [-0.25, -0.2) is 4.98 Å². The van der Waals surface area contributed by atoms with E-state index in [1.54, 1.807) is 7.11 Å². The minimum atomic E-state index is 0.603. The zero-order valence-corrected chi connectivity index (χ0v) is 8.91. The zero-order chi connectivity index (χ0) is 10.8. The Labute approximate surface area is 88.0 Å². The van der Waals surface area contributed by atoms with Gasteiger partial charge >= 0.3 is 0 Å². The molecule has 2 aromatic rings. The monoisotopic (exact) mass is 206 g/mol. The number of aryl methyl sites for hydroxylation is 1. The molecule has 1 aromatic heterocycles. The molecule has 15 heavy (non-hydrogen) atoms. The number of fused-ring (bicyclic) bond motifs is 1. The predicted octanol–water partition coefficient (Wildman–Crippen LogP) is 1.91. The molecule has 0 unspecified atom stereocenters. The second-order valence-corrected chi connectivity index (χ2v) is 3.55. The van der Waals surface area contributed by atoms with E-state index in [1.165, 1.54) is 0 Å². The topological polar surface area (TPSA) is 61.3 Å². The van der Waals surface area contributed by atoms with Gasteiger partial charge in [-0.2, -0.15) is 0 Å². The maximum absolute atomic E-state index is 5.83. The first-order valence-electron chi connectivity index (χ1n) is 4.85. The number of nitrogen functional groups attached to an aromatic ring is 1. The van der Waals surface area contributed by atoms with Crippen molar-refractivity contribution >= 4 is 16.8 Å². The highest BCUT2D eigenvalue weighted by Gasteiger charge is 2.08. The Hall–Kier alpha value is -1.55. The number of hydrogen-bond donors (Lipinski definition) is 1. The summed E-state index contributed by atoms with van der Waals surface area (Å²) in [6, 6.07) is 3.85. The number of rotatable bonds is 3. The van der Waals surface area contributed by atoms with Gasteiger partial charge in [-0.05, 0) is 24.6 Å². The summed E-state index contributed by atoms with van der Waals surface area (Å²) in [5, 5.41) is 0. The van der Waals surface area contributed by atoms with Crippen LogP contribution in [-0.2, 0) is 11.2 Å². The maximum atomic E-state index is 5.83. The van der Waals surface area contributed by atoms with E-state index >= 15 is 0 Å². The van der Waals surface area contributed by atoms with Crippen LogP contribution in [0.5, 0.6) is 0 Å². The van der Waals surface area contributed by atoms with Gasteiger partial charge in [0.2, 0.25) is 0 Å². The fraction of sp³-hybridized carbons (Fsp3) is 0.364. The van der Waals surface area contributed by atoms with Crippen LogP contribution >= 0.6 is 0 Å². The molecule has 0 spiro atoms. The van der Waals surface area contributed by atoms with Crippen molar-refractivity contribution in [2.24, 2.45) is 0 Å². The molecule has 4 nitrogen and oxygen atoms in total. The Morgan fingerprint density at radius 3 is 3.00 bits per heavy atom. The molecule has 4 heteroatoms. The van der Waals surface area contributed by atoms with Gasteiger partial charge in [-0.1, -0.05) is 0 Å². The summed E-state index contributed by atoms with van der Waals surface area (Å²) in [7, 11) is 1.65. The lowest BCUT2D eigenvalue weighted by molar-refractivity contribution is 0.196. The molecule has 0 bridgehead atoms. The highest BCUT2D eigenvalue weighted by Crippen LogP contribution is 2.23. The highest BCUT2D eigenvalue weighted by atomic mass is 16.5. The molecule has 1 heterocycles. The molecule has 0 amide bonds. The van der Waals surface area contributed by atoms with Gasteiger partial charge in [-0.15, -0.1) is 0 Å². The van der Waals surface area contributed by atoms with Crippen molar-refractivity contribution in [1.82, 2.24) is 4.98 Å². The van der Waals surface area contributed by atoms with E-state index in [0.717, 1.165) is 11.1 Å². The first-order valence-corrected chi connectivity index (χ1v) is 4.85. The molecule has 0 atom stereocenters. The van der Waals surface area contributed by atoms with Crippen LogP contribution in [0.25, 0.3) is 11.1 Å². The van der Waals surface area contributed by atoms with Crippen LogP contribution in [0.1, 0.15) is 11.5 Å². The van der Waals surface area contributed by atoms with Gasteiger partial charge in [0.1, 0.15) is 5.52 Å². The van der Waals surface area contributed by atoms with Crippen molar-refractivity contribution in [2.45, 2.75) is 13.3 Å². The van der Waals surface area contributed by atoms with Gasteiger partial charge < -0.3 is 14.9 Å². The average Bonchev–Trinajstić information content (AvgIpc) is 2.57. The molecular formula is C11H14N2O2. The van der Waals surface area contributed by atoms with Crippen LogP contribution in [0.4, 0.5) is 5.69 Å². The minimum absolute atomic E-state index is 0.603. The number of oxazole rings is 1. The van der Waals surface area contributed by atoms with Crippen molar-refractivity contribution in [2.75, 3.05) is 19.5 Å². The summed E-state index contributed by atoms with van der Waals surface area (Å²) >= 11 is 0. The smallest absolute Gasteiger partial charge is 0.197 e. The Kier molecular flexibility index (Phi) is 2.60. The largest absolute Gasteiger partial charge is 0.438 e. The first-order chi connectivity index (χ1) is 7.20. The molecule has 0 aliphatic heterocycles. The third kappa shape index (κ3) is 1.94. The van der Waals surface area contributed by atoms with Crippen LogP contribution in [0, 0.1) is 6.92 Å². The minimum Gasteiger partial charge on any atom is -0.438 e. The van der Waals surface area contributed by atoms with Crippen molar-refractivity contribution in [3.05, 3.63) is 23.6 Å². The van der Waals surface area contributed by atoms with Crippen LogP contribution in [0.15, 0.2) is 16.5 Å². The standard InChI is InChI=1S/C11H14N2O2/c1-7-5-8(12)11-9(6-7)13-10(15-11)3-4-14-2/h5-6H,3-4,12H2,1-2H3. The van der Waals surface area contributed by atoms with E-state index < -0.39 is 0 Å². The Balaban J connectivity index is 2.41. The van der Waals surface area contributed by atoms with E-state index in [-0.39, 0.29) is 0 Å². The van der Waals surface area contributed by atoms with E-state index in [1.807, 2.05) is 19.1 Å². The Morgan fingerprint density at radius 2 is 2.27 bits per heavy atom. The normalized spacial score (nSPS) is 11.1. The van der Waals surface area contributed by atoms with Crippen LogP contribution in [0.3, 0.4) is 0 Å². The van der Waals surface area contributed by atoms with Crippen LogP contribution < -0.4 is 5.73 Å². The second-order valence-electron chi connectivity index (χ2n) is 3.55. The van der Waals surface area contributed by atoms with Crippen LogP contribution in [-0.4, -0.2) is 18.7 Å². The molecule has 0 saturated carbocycles. The summed E-state index contributed by atoms with van der Waals surface area (Å²) in [5.41, 5.74) is 9.05. The van der Waals surface area contributed by atoms with Gasteiger partial charge in [-0.3, -0.25) is 0 Å². The summed E-state index contributed by atoms with van der Waals surface area (Å²) in [5.74, 6) is 0.671. The van der Waals surface area contributed by atoms with Crippen molar-refractivity contribution in [3.63, 3.8) is 0 Å². The molecule has 0 radical (unpaired) electrons. The van der Waals surface area contributed by atoms with Crippen LogP contribution in [0.2, 0.25) is 0 Å². The summed E-state index contributed by atoms with van der Waals surface area (Å²) < 4.78 is 10.5.